The van der Waals surface area contributed by atoms with E-state index in [0.717, 1.165) is 18.2 Å². The van der Waals surface area contributed by atoms with Crippen LogP contribution in [0.2, 0.25) is 5.02 Å². The maximum absolute atomic E-state index is 13.1. The fourth-order valence-corrected chi connectivity index (χ4v) is 2.54. The zero-order valence-corrected chi connectivity index (χ0v) is 11.3. The van der Waals surface area contributed by atoms with Gasteiger partial charge in [0.2, 0.25) is 0 Å². The first-order valence-electron chi connectivity index (χ1n) is 5.06. The van der Waals surface area contributed by atoms with Crippen molar-refractivity contribution in [2.45, 2.75) is 6.10 Å². The first kappa shape index (κ1) is 13.5. The second-order valence-corrected chi connectivity index (χ2v) is 5.06. The molecular formula is C13H8BrClF2O. The highest BCUT2D eigenvalue weighted by atomic mass is 79.9. The van der Waals surface area contributed by atoms with Gasteiger partial charge >= 0.3 is 0 Å². The predicted octanol–water partition coefficient (Wildman–Crippen LogP) is 4.46. The van der Waals surface area contributed by atoms with Crippen LogP contribution in [0.1, 0.15) is 17.2 Å². The Hall–Kier alpha value is -0.970. The number of hydrogen-bond donors (Lipinski definition) is 1. The largest absolute Gasteiger partial charge is 0.384 e. The van der Waals surface area contributed by atoms with Crippen molar-refractivity contribution < 1.29 is 13.9 Å². The third-order valence-corrected chi connectivity index (χ3v) is 3.38. The summed E-state index contributed by atoms with van der Waals surface area (Å²) in [6.45, 7) is 0. The number of halogens is 4. The third kappa shape index (κ3) is 2.88. The van der Waals surface area contributed by atoms with Crippen LogP contribution in [0, 0.1) is 11.6 Å². The van der Waals surface area contributed by atoms with Crippen LogP contribution < -0.4 is 0 Å². The molecule has 2 rings (SSSR count). The topological polar surface area (TPSA) is 20.2 Å². The maximum Gasteiger partial charge on any atom is 0.126 e. The molecule has 1 atom stereocenters. The van der Waals surface area contributed by atoms with Gasteiger partial charge in [0, 0.05) is 15.6 Å². The van der Waals surface area contributed by atoms with E-state index < -0.39 is 17.7 Å². The van der Waals surface area contributed by atoms with Gasteiger partial charge in [0.1, 0.15) is 17.7 Å². The second kappa shape index (κ2) is 5.34. The standard InChI is InChI=1S/C13H8BrClF2O/c14-12-5-8(15)1-2-11(12)13(18)7-3-9(16)6-10(17)4-7/h1-6,13,18H. The lowest BCUT2D eigenvalue weighted by molar-refractivity contribution is 0.218. The zero-order chi connectivity index (χ0) is 13.3. The van der Waals surface area contributed by atoms with Gasteiger partial charge in [-0.05, 0) is 35.4 Å². The van der Waals surface area contributed by atoms with Crippen LogP contribution in [0.4, 0.5) is 8.78 Å². The molecule has 0 heterocycles. The molecule has 1 N–H and O–H groups in total. The Labute approximate surface area is 116 Å². The lowest BCUT2D eigenvalue weighted by atomic mass is 10.0. The van der Waals surface area contributed by atoms with Crippen molar-refractivity contribution in [2.75, 3.05) is 0 Å². The molecule has 0 amide bonds. The molecule has 2 aromatic rings. The van der Waals surface area contributed by atoms with Gasteiger partial charge in [-0.15, -0.1) is 0 Å². The molecule has 0 saturated carbocycles. The van der Waals surface area contributed by atoms with E-state index in [1.54, 1.807) is 18.2 Å². The van der Waals surface area contributed by atoms with Crippen LogP contribution in [0.15, 0.2) is 40.9 Å². The lowest BCUT2D eigenvalue weighted by Gasteiger charge is -2.13. The van der Waals surface area contributed by atoms with Crippen molar-refractivity contribution >= 4 is 27.5 Å². The van der Waals surface area contributed by atoms with Crippen molar-refractivity contribution in [1.82, 2.24) is 0 Å². The van der Waals surface area contributed by atoms with Crippen LogP contribution in [0.25, 0.3) is 0 Å². The summed E-state index contributed by atoms with van der Waals surface area (Å²) < 4.78 is 26.7. The first-order valence-corrected chi connectivity index (χ1v) is 6.23. The average Bonchev–Trinajstić information content (AvgIpc) is 2.26. The summed E-state index contributed by atoms with van der Waals surface area (Å²) in [4.78, 5) is 0. The first-order chi connectivity index (χ1) is 8.47. The van der Waals surface area contributed by atoms with Crippen LogP contribution in [-0.2, 0) is 0 Å². The number of aliphatic hydroxyl groups excluding tert-OH is 1. The summed E-state index contributed by atoms with van der Waals surface area (Å²) in [7, 11) is 0. The SMILES string of the molecule is OC(c1cc(F)cc(F)c1)c1ccc(Cl)cc1Br. The van der Waals surface area contributed by atoms with Gasteiger partial charge in [-0.3, -0.25) is 0 Å². The fraction of sp³-hybridized carbons (Fsp3) is 0.0769. The minimum Gasteiger partial charge on any atom is -0.384 e. The van der Waals surface area contributed by atoms with Crippen molar-refractivity contribution in [2.24, 2.45) is 0 Å². The number of benzene rings is 2. The van der Waals surface area contributed by atoms with E-state index >= 15 is 0 Å². The number of hydrogen-bond acceptors (Lipinski definition) is 1. The van der Waals surface area contributed by atoms with E-state index in [9.17, 15) is 13.9 Å². The normalized spacial score (nSPS) is 12.5. The Morgan fingerprint density at radius 3 is 2.22 bits per heavy atom. The molecule has 5 heteroatoms. The molecule has 0 saturated heterocycles. The average molecular weight is 334 g/mol. The summed E-state index contributed by atoms with van der Waals surface area (Å²) in [6.07, 6.45) is -1.12. The van der Waals surface area contributed by atoms with Gasteiger partial charge < -0.3 is 5.11 Å². The van der Waals surface area contributed by atoms with Gasteiger partial charge in [0.15, 0.2) is 0 Å². The van der Waals surface area contributed by atoms with E-state index in [4.69, 9.17) is 11.6 Å². The van der Waals surface area contributed by atoms with Crippen molar-refractivity contribution in [3.05, 3.63) is 68.7 Å². The molecule has 0 aliphatic heterocycles. The van der Waals surface area contributed by atoms with Gasteiger partial charge in [-0.2, -0.15) is 0 Å². The van der Waals surface area contributed by atoms with Crippen molar-refractivity contribution in [3.63, 3.8) is 0 Å². The van der Waals surface area contributed by atoms with E-state index in [-0.39, 0.29) is 5.56 Å². The molecule has 0 fully saturated rings. The van der Waals surface area contributed by atoms with E-state index in [0.29, 0.717) is 15.1 Å². The number of aliphatic hydroxyl groups is 1. The predicted molar refractivity (Wildman–Crippen MR) is 69.6 cm³/mol. The summed E-state index contributed by atoms with van der Waals surface area (Å²) in [5.41, 5.74) is 0.639. The van der Waals surface area contributed by atoms with Gasteiger partial charge in [-0.1, -0.05) is 33.6 Å². The Morgan fingerprint density at radius 2 is 1.67 bits per heavy atom. The summed E-state index contributed by atoms with van der Waals surface area (Å²) in [5, 5.41) is 10.6. The maximum atomic E-state index is 13.1. The molecule has 1 unspecified atom stereocenters. The highest BCUT2D eigenvalue weighted by Gasteiger charge is 2.15. The molecule has 2 aromatic carbocycles. The van der Waals surface area contributed by atoms with Crippen LogP contribution in [0.3, 0.4) is 0 Å². The highest BCUT2D eigenvalue weighted by Crippen LogP contribution is 2.31. The van der Waals surface area contributed by atoms with Crippen LogP contribution in [0.5, 0.6) is 0 Å². The molecule has 0 aromatic heterocycles. The molecule has 1 nitrogen and oxygen atoms in total. The van der Waals surface area contributed by atoms with Gasteiger partial charge in [-0.25, -0.2) is 8.78 Å². The molecule has 94 valence electrons. The van der Waals surface area contributed by atoms with Crippen LogP contribution in [-0.4, -0.2) is 5.11 Å². The number of rotatable bonds is 2. The third-order valence-electron chi connectivity index (χ3n) is 2.46. The quantitative estimate of drug-likeness (QED) is 0.860. The van der Waals surface area contributed by atoms with E-state index in [2.05, 4.69) is 15.9 Å². The highest BCUT2D eigenvalue weighted by molar-refractivity contribution is 9.10. The summed E-state index contributed by atoms with van der Waals surface area (Å²) in [6, 6.07) is 7.74. The minimum absolute atomic E-state index is 0.149. The lowest BCUT2D eigenvalue weighted by Crippen LogP contribution is -2.02. The Morgan fingerprint density at radius 1 is 1.06 bits per heavy atom. The monoisotopic (exact) mass is 332 g/mol. The molecule has 0 spiro atoms. The fourth-order valence-electron chi connectivity index (χ4n) is 1.64. The summed E-state index contributed by atoms with van der Waals surface area (Å²) >= 11 is 9.04. The molecule has 0 aliphatic carbocycles. The molecule has 0 radical (unpaired) electrons. The molecule has 0 aliphatic rings. The van der Waals surface area contributed by atoms with E-state index in [1.807, 2.05) is 0 Å². The van der Waals surface area contributed by atoms with Gasteiger partial charge in [0.25, 0.3) is 0 Å². The smallest absolute Gasteiger partial charge is 0.126 e. The second-order valence-electron chi connectivity index (χ2n) is 3.77. The van der Waals surface area contributed by atoms with Crippen LogP contribution >= 0.6 is 27.5 Å². The Kier molecular flexibility index (Phi) is 4.00. The molecule has 18 heavy (non-hydrogen) atoms. The van der Waals surface area contributed by atoms with Gasteiger partial charge in [0.05, 0.1) is 0 Å². The molecule has 0 bridgehead atoms. The Bertz CT molecular complexity index is 569. The van der Waals surface area contributed by atoms with E-state index in [1.165, 1.54) is 0 Å². The molecular weight excluding hydrogens is 325 g/mol. The minimum atomic E-state index is -1.12. The summed E-state index contributed by atoms with van der Waals surface area (Å²) in [5.74, 6) is -1.46. The Balaban J connectivity index is 2.44. The van der Waals surface area contributed by atoms with Crippen molar-refractivity contribution in [3.8, 4) is 0 Å². The van der Waals surface area contributed by atoms with Crippen molar-refractivity contribution in [1.29, 1.82) is 0 Å². The zero-order valence-electron chi connectivity index (χ0n) is 9.00.